The maximum absolute atomic E-state index is 13.0. The molecular formula is C22H25BrCl2N2O3. The number of ether oxygens (including phenoxy) is 1. The third-order valence-electron chi connectivity index (χ3n) is 4.68. The lowest BCUT2D eigenvalue weighted by molar-refractivity contribution is -0.142. The lowest BCUT2D eigenvalue weighted by atomic mass is 10.1. The number of amides is 2. The summed E-state index contributed by atoms with van der Waals surface area (Å²) in [5.74, 6) is -0.138. The molecule has 2 aromatic rings. The zero-order valence-corrected chi connectivity index (χ0v) is 20.2. The van der Waals surface area contributed by atoms with Crippen molar-refractivity contribution >= 4 is 50.9 Å². The molecule has 8 heteroatoms. The number of hydrogen-bond donors (Lipinski definition) is 1. The molecule has 2 aromatic carbocycles. The van der Waals surface area contributed by atoms with Gasteiger partial charge < -0.3 is 15.0 Å². The van der Waals surface area contributed by atoms with Crippen LogP contribution >= 0.6 is 39.1 Å². The van der Waals surface area contributed by atoms with Crippen molar-refractivity contribution in [3.05, 3.63) is 62.5 Å². The summed E-state index contributed by atoms with van der Waals surface area (Å²) in [5.41, 5.74) is 0.859. The molecule has 0 saturated carbocycles. The van der Waals surface area contributed by atoms with E-state index in [1.807, 2.05) is 26.0 Å². The fraction of sp³-hybridized carbons (Fsp3) is 0.364. The summed E-state index contributed by atoms with van der Waals surface area (Å²) in [6, 6.07) is 11.7. The van der Waals surface area contributed by atoms with E-state index in [-0.39, 0.29) is 31.0 Å². The van der Waals surface area contributed by atoms with Gasteiger partial charge in [-0.25, -0.2) is 0 Å². The summed E-state index contributed by atoms with van der Waals surface area (Å²) in [6.45, 7) is 5.63. The van der Waals surface area contributed by atoms with Gasteiger partial charge in [-0.2, -0.15) is 0 Å². The van der Waals surface area contributed by atoms with Crippen LogP contribution in [0.1, 0.15) is 32.8 Å². The van der Waals surface area contributed by atoms with E-state index in [1.165, 1.54) is 4.90 Å². The molecule has 162 valence electrons. The van der Waals surface area contributed by atoms with E-state index >= 15 is 0 Å². The van der Waals surface area contributed by atoms with Gasteiger partial charge in [-0.15, -0.1) is 0 Å². The monoisotopic (exact) mass is 514 g/mol. The van der Waals surface area contributed by atoms with E-state index in [4.69, 9.17) is 27.9 Å². The zero-order chi connectivity index (χ0) is 22.3. The molecule has 0 aliphatic rings. The number of hydrogen-bond acceptors (Lipinski definition) is 3. The summed E-state index contributed by atoms with van der Waals surface area (Å²) in [7, 11) is 0. The van der Waals surface area contributed by atoms with Crippen molar-refractivity contribution in [2.45, 2.75) is 45.8 Å². The van der Waals surface area contributed by atoms with Crippen LogP contribution in [0.15, 0.2) is 46.9 Å². The molecule has 1 N–H and O–H groups in total. The predicted molar refractivity (Wildman–Crippen MR) is 124 cm³/mol. The number of halogens is 3. The van der Waals surface area contributed by atoms with Gasteiger partial charge in [0.1, 0.15) is 11.8 Å². The number of nitrogens with one attached hydrogen (secondary N) is 1. The summed E-state index contributed by atoms with van der Waals surface area (Å²) in [5, 5.41) is 3.92. The summed E-state index contributed by atoms with van der Waals surface area (Å²) in [6.07, 6.45) is 0.800. The minimum atomic E-state index is -0.675. The van der Waals surface area contributed by atoms with Crippen molar-refractivity contribution in [1.82, 2.24) is 10.2 Å². The van der Waals surface area contributed by atoms with Gasteiger partial charge in [0.05, 0.1) is 5.02 Å². The maximum Gasteiger partial charge on any atom is 0.261 e. The van der Waals surface area contributed by atoms with Crippen molar-refractivity contribution in [3.63, 3.8) is 0 Å². The Morgan fingerprint density at radius 1 is 1.13 bits per heavy atom. The molecule has 0 saturated heterocycles. The van der Waals surface area contributed by atoms with Crippen molar-refractivity contribution in [1.29, 1.82) is 0 Å². The van der Waals surface area contributed by atoms with Gasteiger partial charge in [-0.05, 0) is 56.2 Å². The second-order valence-corrected chi connectivity index (χ2v) is 8.76. The van der Waals surface area contributed by atoms with Gasteiger partial charge in [0.25, 0.3) is 5.91 Å². The first kappa shape index (κ1) is 24.5. The first-order chi connectivity index (χ1) is 14.2. The Labute approximate surface area is 195 Å². The Morgan fingerprint density at radius 3 is 2.40 bits per heavy atom. The quantitative estimate of drug-likeness (QED) is 0.482. The molecular weight excluding hydrogens is 491 g/mol. The van der Waals surface area contributed by atoms with Gasteiger partial charge in [-0.1, -0.05) is 58.2 Å². The molecule has 0 aliphatic heterocycles. The lowest BCUT2D eigenvalue weighted by Gasteiger charge is -2.29. The SMILES string of the molecule is CC[C@H](C)NC(=O)[C@H](C)N(Cc1ccc(Cl)cc1)C(=O)COc1ccc(Br)cc1Cl. The van der Waals surface area contributed by atoms with Crippen LogP contribution in [0, 0.1) is 0 Å². The second kappa shape index (κ2) is 11.6. The second-order valence-electron chi connectivity index (χ2n) is 7.01. The highest BCUT2D eigenvalue weighted by Gasteiger charge is 2.27. The highest BCUT2D eigenvalue weighted by atomic mass is 79.9. The smallest absolute Gasteiger partial charge is 0.261 e. The minimum Gasteiger partial charge on any atom is -0.482 e. The van der Waals surface area contributed by atoms with Gasteiger partial charge in [0.2, 0.25) is 5.91 Å². The Morgan fingerprint density at radius 2 is 1.80 bits per heavy atom. The molecule has 5 nitrogen and oxygen atoms in total. The van der Waals surface area contributed by atoms with E-state index in [0.29, 0.717) is 15.8 Å². The molecule has 30 heavy (non-hydrogen) atoms. The van der Waals surface area contributed by atoms with Crippen LogP contribution in [0.25, 0.3) is 0 Å². The van der Waals surface area contributed by atoms with Crippen LogP contribution in [-0.4, -0.2) is 35.4 Å². The number of carbonyl (C=O) groups excluding carboxylic acids is 2. The van der Waals surface area contributed by atoms with Crippen molar-refractivity contribution in [3.8, 4) is 5.75 Å². The van der Waals surface area contributed by atoms with Crippen LogP contribution < -0.4 is 10.1 Å². The van der Waals surface area contributed by atoms with Crippen LogP contribution in [0.3, 0.4) is 0 Å². The number of benzene rings is 2. The van der Waals surface area contributed by atoms with Crippen LogP contribution in [-0.2, 0) is 16.1 Å². The first-order valence-corrected chi connectivity index (χ1v) is 11.2. The topological polar surface area (TPSA) is 58.6 Å². The molecule has 2 amide bonds. The predicted octanol–water partition coefficient (Wildman–Crippen LogP) is 5.47. The largest absolute Gasteiger partial charge is 0.482 e. The molecule has 0 bridgehead atoms. The normalized spacial score (nSPS) is 12.7. The Kier molecular flexibility index (Phi) is 9.46. The van der Waals surface area contributed by atoms with Crippen LogP contribution in [0.4, 0.5) is 0 Å². The first-order valence-electron chi connectivity index (χ1n) is 9.63. The van der Waals surface area contributed by atoms with E-state index in [9.17, 15) is 9.59 Å². The average Bonchev–Trinajstić information content (AvgIpc) is 2.71. The van der Waals surface area contributed by atoms with Gasteiger partial charge in [0.15, 0.2) is 6.61 Å². The van der Waals surface area contributed by atoms with Gasteiger partial charge in [0, 0.05) is 22.1 Å². The molecule has 0 radical (unpaired) electrons. The molecule has 0 aromatic heterocycles. The van der Waals surface area contributed by atoms with Crippen LogP contribution in [0.2, 0.25) is 10.0 Å². The molecule has 0 unspecified atom stereocenters. The van der Waals surface area contributed by atoms with E-state index < -0.39 is 6.04 Å². The fourth-order valence-corrected chi connectivity index (χ4v) is 3.50. The lowest BCUT2D eigenvalue weighted by Crippen LogP contribution is -2.50. The van der Waals surface area contributed by atoms with Crippen molar-refractivity contribution < 1.29 is 14.3 Å². The van der Waals surface area contributed by atoms with E-state index in [0.717, 1.165) is 16.5 Å². The van der Waals surface area contributed by atoms with Gasteiger partial charge >= 0.3 is 0 Å². The molecule has 2 rings (SSSR count). The minimum absolute atomic E-state index is 0.0188. The Hall–Kier alpha value is -1.76. The van der Waals surface area contributed by atoms with Gasteiger partial charge in [-0.3, -0.25) is 9.59 Å². The number of nitrogens with zero attached hydrogens (tertiary/aromatic N) is 1. The highest BCUT2D eigenvalue weighted by Crippen LogP contribution is 2.27. The third-order valence-corrected chi connectivity index (χ3v) is 5.72. The third kappa shape index (κ3) is 7.18. The van der Waals surface area contributed by atoms with E-state index in [2.05, 4.69) is 21.2 Å². The van der Waals surface area contributed by atoms with E-state index in [1.54, 1.807) is 37.3 Å². The zero-order valence-electron chi connectivity index (χ0n) is 17.1. The average molecular weight is 516 g/mol. The highest BCUT2D eigenvalue weighted by molar-refractivity contribution is 9.10. The molecule has 0 heterocycles. The van der Waals surface area contributed by atoms with Crippen LogP contribution in [0.5, 0.6) is 5.75 Å². The molecule has 0 aliphatic carbocycles. The molecule has 0 fully saturated rings. The number of rotatable bonds is 9. The standard InChI is InChI=1S/C22H25BrCl2N2O3/c1-4-14(2)26-22(29)15(3)27(12-16-5-8-18(24)9-6-16)21(28)13-30-20-10-7-17(23)11-19(20)25/h5-11,14-15H,4,12-13H2,1-3H3,(H,26,29)/t14-,15-/m0/s1. The maximum atomic E-state index is 13.0. The summed E-state index contributed by atoms with van der Waals surface area (Å²) < 4.78 is 6.44. The summed E-state index contributed by atoms with van der Waals surface area (Å²) >= 11 is 15.5. The Balaban J connectivity index is 2.16. The molecule has 2 atom stereocenters. The summed E-state index contributed by atoms with van der Waals surface area (Å²) in [4.78, 5) is 27.2. The van der Waals surface area contributed by atoms with Crippen molar-refractivity contribution in [2.24, 2.45) is 0 Å². The van der Waals surface area contributed by atoms with Crippen molar-refractivity contribution in [2.75, 3.05) is 6.61 Å². The Bertz CT molecular complexity index is 877. The number of carbonyl (C=O) groups is 2. The fourth-order valence-electron chi connectivity index (χ4n) is 2.65. The molecule has 0 spiro atoms.